The zero-order valence-corrected chi connectivity index (χ0v) is 9.09. The number of halogens is 3. The minimum absolute atomic E-state index is 0.176. The Bertz CT molecular complexity index is 523. The van der Waals surface area contributed by atoms with Gasteiger partial charge in [0.15, 0.2) is 0 Å². The van der Waals surface area contributed by atoms with Crippen LogP contribution in [-0.4, -0.2) is 9.97 Å². The molecule has 16 heavy (non-hydrogen) atoms. The highest BCUT2D eigenvalue weighted by Crippen LogP contribution is 2.28. The first-order valence-electron chi connectivity index (χ1n) is 4.52. The molecule has 1 aromatic carbocycles. The molecule has 5 heteroatoms. The van der Waals surface area contributed by atoms with Crippen LogP contribution >= 0.6 is 11.6 Å². The first kappa shape index (κ1) is 11.0. The predicted octanol–water partition coefficient (Wildman–Crippen LogP) is 3.38. The van der Waals surface area contributed by atoms with E-state index in [0.717, 1.165) is 0 Å². The van der Waals surface area contributed by atoms with Crippen molar-refractivity contribution in [3.8, 4) is 11.3 Å². The molecule has 0 aliphatic carbocycles. The van der Waals surface area contributed by atoms with Gasteiger partial charge in [-0.3, -0.25) is 0 Å². The molecule has 82 valence electrons. The molecule has 0 aliphatic heterocycles. The summed E-state index contributed by atoms with van der Waals surface area (Å²) in [5, 5.41) is 0.188. The molecule has 0 N–H and O–H groups in total. The standard InChI is InChI=1S/C11H7ClF2N2/c1-6-10(15-5-16-11(6)12)9-7(13)3-2-4-8(9)14/h2-5H,1H3. The van der Waals surface area contributed by atoms with Crippen LogP contribution in [0.3, 0.4) is 0 Å². The average Bonchev–Trinajstić information content (AvgIpc) is 2.24. The van der Waals surface area contributed by atoms with Gasteiger partial charge in [0, 0.05) is 5.56 Å². The lowest BCUT2D eigenvalue weighted by atomic mass is 10.1. The van der Waals surface area contributed by atoms with Crippen molar-refractivity contribution in [3.05, 3.63) is 46.9 Å². The first-order valence-corrected chi connectivity index (χ1v) is 4.90. The molecule has 0 amide bonds. The Labute approximate surface area is 95.9 Å². The highest BCUT2D eigenvalue weighted by molar-refractivity contribution is 6.30. The molecule has 0 fully saturated rings. The normalized spacial score (nSPS) is 10.5. The Balaban J connectivity index is 2.73. The average molecular weight is 241 g/mol. The van der Waals surface area contributed by atoms with E-state index >= 15 is 0 Å². The van der Waals surface area contributed by atoms with Crippen molar-refractivity contribution < 1.29 is 8.78 Å². The van der Waals surface area contributed by atoms with Crippen molar-refractivity contribution >= 4 is 11.6 Å². The summed E-state index contributed by atoms with van der Waals surface area (Å²) in [4.78, 5) is 7.59. The van der Waals surface area contributed by atoms with Crippen molar-refractivity contribution in [2.45, 2.75) is 6.92 Å². The van der Waals surface area contributed by atoms with Crippen LogP contribution in [-0.2, 0) is 0 Å². The zero-order chi connectivity index (χ0) is 11.7. The molecule has 1 heterocycles. The third-order valence-corrected chi connectivity index (χ3v) is 2.60. The van der Waals surface area contributed by atoms with Crippen LogP contribution in [0, 0.1) is 18.6 Å². The lowest BCUT2D eigenvalue weighted by molar-refractivity contribution is 0.588. The second kappa shape index (κ2) is 4.14. The van der Waals surface area contributed by atoms with E-state index in [0.29, 0.717) is 5.56 Å². The highest BCUT2D eigenvalue weighted by atomic mass is 35.5. The molecule has 2 rings (SSSR count). The van der Waals surface area contributed by atoms with E-state index < -0.39 is 11.6 Å². The van der Waals surface area contributed by atoms with Gasteiger partial charge in [-0.15, -0.1) is 0 Å². The maximum Gasteiger partial charge on any atom is 0.135 e. The van der Waals surface area contributed by atoms with Crippen LogP contribution in [0.4, 0.5) is 8.78 Å². The van der Waals surface area contributed by atoms with Crippen LogP contribution in [0.25, 0.3) is 11.3 Å². The molecule has 2 aromatic rings. The van der Waals surface area contributed by atoms with E-state index in [1.807, 2.05) is 0 Å². The van der Waals surface area contributed by atoms with Gasteiger partial charge in [0.25, 0.3) is 0 Å². The minimum atomic E-state index is -0.669. The smallest absolute Gasteiger partial charge is 0.135 e. The van der Waals surface area contributed by atoms with Crippen molar-refractivity contribution in [1.29, 1.82) is 0 Å². The Kier molecular flexibility index (Phi) is 2.83. The molecule has 0 bridgehead atoms. The SMILES string of the molecule is Cc1c(Cl)ncnc1-c1c(F)cccc1F. The quantitative estimate of drug-likeness (QED) is 0.714. The monoisotopic (exact) mass is 240 g/mol. The van der Waals surface area contributed by atoms with Gasteiger partial charge in [0.05, 0.1) is 11.3 Å². The summed E-state index contributed by atoms with van der Waals surface area (Å²) in [5.74, 6) is -1.34. The predicted molar refractivity (Wildman–Crippen MR) is 57.1 cm³/mol. The summed E-state index contributed by atoms with van der Waals surface area (Å²) in [6, 6.07) is 3.65. The molecule has 0 saturated carbocycles. The number of aromatic nitrogens is 2. The molecule has 0 unspecified atom stereocenters. The van der Waals surface area contributed by atoms with Gasteiger partial charge >= 0.3 is 0 Å². The van der Waals surface area contributed by atoms with Crippen molar-refractivity contribution in [2.24, 2.45) is 0 Å². The Morgan fingerprint density at radius 2 is 1.75 bits per heavy atom. The Morgan fingerprint density at radius 1 is 1.12 bits per heavy atom. The van der Waals surface area contributed by atoms with E-state index in [4.69, 9.17) is 11.6 Å². The number of nitrogens with zero attached hydrogens (tertiary/aromatic N) is 2. The van der Waals surface area contributed by atoms with Crippen LogP contribution < -0.4 is 0 Å². The van der Waals surface area contributed by atoms with E-state index in [9.17, 15) is 8.78 Å². The number of benzene rings is 1. The second-order valence-electron chi connectivity index (χ2n) is 3.23. The van der Waals surface area contributed by atoms with Gasteiger partial charge < -0.3 is 0 Å². The summed E-state index contributed by atoms with van der Waals surface area (Å²) in [5.41, 5.74) is 0.452. The van der Waals surface area contributed by atoms with Gasteiger partial charge in [0.1, 0.15) is 23.1 Å². The van der Waals surface area contributed by atoms with Gasteiger partial charge in [-0.1, -0.05) is 17.7 Å². The molecule has 0 atom stereocenters. The van der Waals surface area contributed by atoms with E-state index in [1.165, 1.54) is 24.5 Å². The number of rotatable bonds is 1. The summed E-state index contributed by atoms with van der Waals surface area (Å²) in [6.07, 6.45) is 1.18. The third-order valence-electron chi connectivity index (χ3n) is 2.22. The third kappa shape index (κ3) is 1.76. The van der Waals surface area contributed by atoms with Crippen molar-refractivity contribution in [3.63, 3.8) is 0 Å². The minimum Gasteiger partial charge on any atom is -0.236 e. The molecular formula is C11H7ClF2N2. The second-order valence-corrected chi connectivity index (χ2v) is 3.59. The molecule has 0 saturated heterocycles. The summed E-state index contributed by atoms with van der Waals surface area (Å²) >= 11 is 5.77. The lowest BCUT2D eigenvalue weighted by Crippen LogP contribution is -1.97. The van der Waals surface area contributed by atoms with Crippen LogP contribution in [0.15, 0.2) is 24.5 Å². The van der Waals surface area contributed by atoms with Crippen molar-refractivity contribution in [2.75, 3.05) is 0 Å². The first-order chi connectivity index (χ1) is 7.61. The molecule has 2 nitrogen and oxygen atoms in total. The summed E-state index contributed by atoms with van der Waals surface area (Å²) in [7, 11) is 0. The Morgan fingerprint density at radius 3 is 2.38 bits per heavy atom. The van der Waals surface area contributed by atoms with E-state index in [2.05, 4.69) is 9.97 Å². The molecule has 0 radical (unpaired) electrons. The van der Waals surface area contributed by atoms with E-state index in [-0.39, 0.29) is 16.4 Å². The van der Waals surface area contributed by atoms with Gasteiger partial charge in [-0.2, -0.15) is 0 Å². The van der Waals surface area contributed by atoms with Crippen molar-refractivity contribution in [1.82, 2.24) is 9.97 Å². The maximum atomic E-state index is 13.5. The number of hydrogen-bond acceptors (Lipinski definition) is 2. The molecular weight excluding hydrogens is 234 g/mol. The van der Waals surface area contributed by atoms with Gasteiger partial charge in [-0.25, -0.2) is 18.7 Å². The van der Waals surface area contributed by atoms with E-state index in [1.54, 1.807) is 6.92 Å². The highest BCUT2D eigenvalue weighted by Gasteiger charge is 2.16. The topological polar surface area (TPSA) is 25.8 Å². The van der Waals surface area contributed by atoms with Crippen LogP contribution in [0.5, 0.6) is 0 Å². The fraction of sp³-hybridized carbons (Fsp3) is 0.0909. The van der Waals surface area contributed by atoms with Gasteiger partial charge in [0.2, 0.25) is 0 Å². The fourth-order valence-electron chi connectivity index (χ4n) is 1.40. The molecule has 1 aromatic heterocycles. The fourth-order valence-corrected chi connectivity index (χ4v) is 1.54. The summed E-state index contributed by atoms with van der Waals surface area (Å²) < 4.78 is 27.0. The maximum absolute atomic E-state index is 13.5. The number of hydrogen-bond donors (Lipinski definition) is 0. The Hall–Kier alpha value is -1.55. The summed E-state index contributed by atoms with van der Waals surface area (Å²) in [6.45, 7) is 1.61. The zero-order valence-electron chi connectivity index (χ0n) is 8.34. The van der Waals surface area contributed by atoms with Crippen LogP contribution in [0.2, 0.25) is 5.15 Å². The van der Waals surface area contributed by atoms with Gasteiger partial charge in [-0.05, 0) is 19.1 Å². The van der Waals surface area contributed by atoms with Crippen LogP contribution in [0.1, 0.15) is 5.56 Å². The largest absolute Gasteiger partial charge is 0.236 e. The molecule has 0 aliphatic rings. The molecule has 0 spiro atoms. The lowest BCUT2D eigenvalue weighted by Gasteiger charge is -2.07.